The molecule has 0 bridgehead atoms. The minimum absolute atomic E-state index is 0.0653. The molecule has 0 radical (unpaired) electrons. The van der Waals surface area contributed by atoms with Gasteiger partial charge in [0.15, 0.2) is 0 Å². The molecule has 0 saturated carbocycles. The van der Waals surface area contributed by atoms with Gasteiger partial charge in [0.25, 0.3) is 0 Å². The molecule has 1 aromatic rings. The number of hydrogen-bond donors (Lipinski definition) is 0. The second-order valence-corrected chi connectivity index (χ2v) is 3.83. The Balaban J connectivity index is 2.69. The van der Waals surface area contributed by atoms with Gasteiger partial charge in [0.2, 0.25) is 0 Å². The van der Waals surface area contributed by atoms with Crippen molar-refractivity contribution in [3.8, 4) is 0 Å². The summed E-state index contributed by atoms with van der Waals surface area (Å²) in [6, 6.07) is 10.2. The molecule has 0 N–H and O–H groups in total. The van der Waals surface area contributed by atoms with Gasteiger partial charge in [-0.3, -0.25) is 4.99 Å². The van der Waals surface area contributed by atoms with E-state index < -0.39 is 0 Å². The maximum atomic E-state index is 4.52. The highest BCUT2D eigenvalue weighted by Gasteiger charge is 2.10. The number of rotatable bonds is 3. The fourth-order valence-corrected chi connectivity index (χ4v) is 0.880. The van der Waals surface area contributed by atoms with Gasteiger partial charge in [-0.2, -0.15) is 0 Å². The third-order valence-corrected chi connectivity index (χ3v) is 2.23. The molecule has 0 aliphatic rings. The van der Waals surface area contributed by atoms with Gasteiger partial charge in [-0.25, -0.2) is 0 Å². The van der Waals surface area contributed by atoms with Gasteiger partial charge in [-0.1, -0.05) is 37.3 Å². The second-order valence-electron chi connectivity index (χ2n) is 3.83. The quantitative estimate of drug-likeness (QED) is 0.625. The number of hydrogen-bond acceptors (Lipinski definition) is 1. The molecule has 1 heteroatoms. The Labute approximate surface area is 80.5 Å². The first-order valence-electron chi connectivity index (χ1n) is 4.74. The first-order valence-corrected chi connectivity index (χ1v) is 4.74. The predicted molar refractivity (Wildman–Crippen MR) is 58.4 cm³/mol. The molecule has 1 nitrogen and oxygen atoms in total. The molecule has 0 aliphatic heterocycles. The molecule has 0 atom stereocenters. The Morgan fingerprint density at radius 3 is 2.38 bits per heavy atom. The van der Waals surface area contributed by atoms with Crippen LogP contribution in [0.15, 0.2) is 35.3 Å². The van der Waals surface area contributed by atoms with Crippen molar-refractivity contribution in [2.75, 3.05) is 0 Å². The standard InChI is InChI=1S/C12H17N/c1-4-12(2,3)13-10-11-8-6-5-7-9-11/h5-10H,4H2,1-3H3. The molecule has 0 spiro atoms. The Morgan fingerprint density at radius 1 is 1.23 bits per heavy atom. The molecule has 0 unspecified atom stereocenters. The highest BCUT2D eigenvalue weighted by molar-refractivity contribution is 5.79. The van der Waals surface area contributed by atoms with E-state index in [1.165, 1.54) is 5.56 Å². The molecule has 70 valence electrons. The van der Waals surface area contributed by atoms with Crippen LogP contribution in [-0.4, -0.2) is 11.8 Å². The van der Waals surface area contributed by atoms with Crippen molar-refractivity contribution in [1.82, 2.24) is 0 Å². The van der Waals surface area contributed by atoms with E-state index in [-0.39, 0.29) is 5.54 Å². The maximum absolute atomic E-state index is 4.52. The molecule has 1 rings (SSSR count). The Bertz CT molecular complexity index is 272. The smallest absolute Gasteiger partial charge is 0.0549 e. The van der Waals surface area contributed by atoms with Crippen molar-refractivity contribution in [3.05, 3.63) is 35.9 Å². The maximum Gasteiger partial charge on any atom is 0.0549 e. The fourth-order valence-electron chi connectivity index (χ4n) is 0.880. The van der Waals surface area contributed by atoms with Crippen LogP contribution in [0.4, 0.5) is 0 Å². The third kappa shape index (κ3) is 3.41. The summed E-state index contributed by atoms with van der Waals surface area (Å²) in [5.74, 6) is 0. The molecule has 0 aliphatic carbocycles. The first kappa shape index (κ1) is 9.97. The Hall–Kier alpha value is -1.11. The summed E-state index contributed by atoms with van der Waals surface area (Å²) >= 11 is 0. The van der Waals surface area contributed by atoms with Gasteiger partial charge in [0.1, 0.15) is 0 Å². The van der Waals surface area contributed by atoms with E-state index in [1.54, 1.807) is 0 Å². The van der Waals surface area contributed by atoms with Crippen LogP contribution in [0, 0.1) is 0 Å². The molecule has 0 amide bonds. The Kier molecular flexibility index (Phi) is 3.24. The average Bonchev–Trinajstić information content (AvgIpc) is 2.17. The topological polar surface area (TPSA) is 12.4 Å². The van der Waals surface area contributed by atoms with E-state index in [9.17, 15) is 0 Å². The van der Waals surface area contributed by atoms with Crippen LogP contribution in [0.25, 0.3) is 0 Å². The van der Waals surface area contributed by atoms with Crippen LogP contribution in [0.1, 0.15) is 32.8 Å². The van der Waals surface area contributed by atoms with E-state index in [0.29, 0.717) is 0 Å². The molecular weight excluding hydrogens is 158 g/mol. The molecule has 0 aromatic heterocycles. The van der Waals surface area contributed by atoms with Crippen LogP contribution >= 0.6 is 0 Å². The van der Waals surface area contributed by atoms with E-state index in [0.717, 1.165) is 6.42 Å². The first-order chi connectivity index (χ1) is 6.14. The normalized spacial score (nSPS) is 12.2. The van der Waals surface area contributed by atoms with Crippen LogP contribution in [0.3, 0.4) is 0 Å². The molecule has 0 fully saturated rings. The third-order valence-electron chi connectivity index (χ3n) is 2.23. The largest absolute Gasteiger partial charge is 0.287 e. The van der Waals surface area contributed by atoms with E-state index >= 15 is 0 Å². The summed E-state index contributed by atoms with van der Waals surface area (Å²) < 4.78 is 0. The van der Waals surface area contributed by atoms with Crippen molar-refractivity contribution >= 4 is 6.21 Å². The highest BCUT2D eigenvalue weighted by atomic mass is 14.8. The zero-order valence-electron chi connectivity index (χ0n) is 8.62. The monoisotopic (exact) mass is 175 g/mol. The zero-order chi connectivity index (χ0) is 9.73. The Morgan fingerprint density at radius 2 is 1.85 bits per heavy atom. The number of benzene rings is 1. The summed E-state index contributed by atoms with van der Waals surface area (Å²) in [5.41, 5.74) is 1.24. The fraction of sp³-hybridized carbons (Fsp3) is 0.417. The summed E-state index contributed by atoms with van der Waals surface area (Å²) in [6.07, 6.45) is 3.01. The SMILES string of the molecule is CCC(C)(C)N=Cc1ccccc1. The second kappa shape index (κ2) is 4.22. The van der Waals surface area contributed by atoms with Crippen LogP contribution in [0.2, 0.25) is 0 Å². The lowest BCUT2D eigenvalue weighted by molar-refractivity contribution is 0.507. The van der Waals surface area contributed by atoms with Gasteiger partial charge < -0.3 is 0 Å². The van der Waals surface area contributed by atoms with Gasteiger partial charge >= 0.3 is 0 Å². The molecule has 0 saturated heterocycles. The lowest BCUT2D eigenvalue weighted by Crippen LogP contribution is -2.14. The summed E-state index contributed by atoms with van der Waals surface area (Å²) in [6.45, 7) is 6.45. The molecule has 1 aromatic carbocycles. The van der Waals surface area contributed by atoms with E-state index in [2.05, 4.69) is 37.9 Å². The van der Waals surface area contributed by atoms with Crippen LogP contribution in [-0.2, 0) is 0 Å². The summed E-state index contributed by atoms with van der Waals surface area (Å²) in [4.78, 5) is 4.52. The predicted octanol–water partition coefficient (Wildman–Crippen LogP) is 3.29. The lowest BCUT2D eigenvalue weighted by Gasteiger charge is -2.15. The van der Waals surface area contributed by atoms with Gasteiger partial charge in [-0.15, -0.1) is 0 Å². The molecule has 13 heavy (non-hydrogen) atoms. The van der Waals surface area contributed by atoms with Crippen molar-refractivity contribution in [1.29, 1.82) is 0 Å². The van der Waals surface area contributed by atoms with Crippen molar-refractivity contribution in [2.24, 2.45) is 4.99 Å². The summed E-state index contributed by atoms with van der Waals surface area (Å²) in [7, 11) is 0. The van der Waals surface area contributed by atoms with Gasteiger partial charge in [0, 0.05) is 6.21 Å². The number of aliphatic imine (C=N–C) groups is 1. The highest BCUT2D eigenvalue weighted by Crippen LogP contribution is 2.12. The average molecular weight is 175 g/mol. The minimum atomic E-state index is 0.0653. The van der Waals surface area contributed by atoms with Gasteiger partial charge in [0.05, 0.1) is 5.54 Å². The molecule has 0 heterocycles. The van der Waals surface area contributed by atoms with Crippen molar-refractivity contribution in [3.63, 3.8) is 0 Å². The van der Waals surface area contributed by atoms with E-state index in [4.69, 9.17) is 0 Å². The minimum Gasteiger partial charge on any atom is -0.287 e. The van der Waals surface area contributed by atoms with Gasteiger partial charge in [-0.05, 0) is 25.8 Å². The number of nitrogens with zero attached hydrogens (tertiary/aromatic N) is 1. The van der Waals surface area contributed by atoms with Crippen LogP contribution in [0.5, 0.6) is 0 Å². The van der Waals surface area contributed by atoms with Crippen molar-refractivity contribution < 1.29 is 0 Å². The van der Waals surface area contributed by atoms with Crippen molar-refractivity contribution in [2.45, 2.75) is 32.7 Å². The summed E-state index contributed by atoms with van der Waals surface area (Å²) in [5, 5.41) is 0. The zero-order valence-corrected chi connectivity index (χ0v) is 8.62. The lowest BCUT2D eigenvalue weighted by atomic mass is 10.0. The van der Waals surface area contributed by atoms with Crippen LogP contribution < -0.4 is 0 Å². The molecular formula is C12H17N. The van der Waals surface area contributed by atoms with E-state index in [1.807, 2.05) is 24.4 Å².